The second-order valence-electron chi connectivity index (χ2n) is 9.42. The summed E-state index contributed by atoms with van der Waals surface area (Å²) in [6.45, 7) is 8.62. The van der Waals surface area contributed by atoms with Crippen LogP contribution in [0.25, 0.3) is 26.8 Å². The summed E-state index contributed by atoms with van der Waals surface area (Å²) in [6, 6.07) is 17.8. The molecule has 4 rings (SSSR count). The fraction of sp³-hybridized carbons (Fsp3) is 0.393. The maximum Gasteiger partial charge on any atom is 0.251 e. The van der Waals surface area contributed by atoms with E-state index in [0.717, 1.165) is 71.2 Å². The van der Waals surface area contributed by atoms with Crippen molar-refractivity contribution in [3.63, 3.8) is 0 Å². The van der Waals surface area contributed by atoms with E-state index in [2.05, 4.69) is 51.3 Å². The van der Waals surface area contributed by atoms with Crippen LogP contribution < -0.4 is 10.0 Å². The molecular weight excluding hydrogens is 520 g/mol. The minimum atomic E-state index is -3.99. The Kier molecular flexibility index (Phi) is 9.54. The van der Waals surface area contributed by atoms with E-state index in [1.165, 1.54) is 11.3 Å². The van der Waals surface area contributed by atoms with Crippen LogP contribution in [0, 0.1) is 11.3 Å². The van der Waals surface area contributed by atoms with Gasteiger partial charge in [0.15, 0.2) is 4.91 Å². The average Bonchev–Trinajstić information content (AvgIpc) is 3.39. The lowest BCUT2D eigenvalue weighted by atomic mass is 10.1. The first-order chi connectivity index (χ1) is 18.3. The molecule has 202 valence electrons. The Hall–Kier alpha value is -2.78. The van der Waals surface area contributed by atoms with Gasteiger partial charge < -0.3 is 15.2 Å². The van der Waals surface area contributed by atoms with Crippen molar-refractivity contribution in [1.29, 1.82) is 5.26 Å². The van der Waals surface area contributed by atoms with Gasteiger partial charge in [-0.3, -0.25) is 4.90 Å². The number of hydrogen-bond acceptors (Lipinski definition) is 8. The number of thiophene rings is 1. The number of aliphatic hydroxyl groups is 1. The topological polar surface area (TPSA) is 115 Å². The highest BCUT2D eigenvalue weighted by Gasteiger charge is 2.24. The minimum absolute atomic E-state index is 0.138. The van der Waals surface area contributed by atoms with Crippen LogP contribution in [0.2, 0.25) is 0 Å². The van der Waals surface area contributed by atoms with Gasteiger partial charge in [0.1, 0.15) is 6.07 Å². The third-order valence-electron chi connectivity index (χ3n) is 6.59. The van der Waals surface area contributed by atoms with Gasteiger partial charge in [0, 0.05) is 54.3 Å². The monoisotopic (exact) mass is 554 g/mol. The van der Waals surface area contributed by atoms with Crippen LogP contribution in [0.4, 0.5) is 5.69 Å². The normalized spacial score (nSPS) is 16.2. The van der Waals surface area contributed by atoms with Crippen LogP contribution >= 0.6 is 11.3 Å². The maximum absolute atomic E-state index is 12.8. The number of allylic oxidation sites excluding steroid dienone is 2. The van der Waals surface area contributed by atoms with Crippen molar-refractivity contribution < 1.29 is 18.3 Å². The van der Waals surface area contributed by atoms with Gasteiger partial charge in [-0.2, -0.15) is 5.26 Å². The first-order valence-corrected chi connectivity index (χ1v) is 15.0. The smallest absolute Gasteiger partial charge is 0.251 e. The molecule has 2 heterocycles. The van der Waals surface area contributed by atoms with Crippen molar-refractivity contribution in [3.8, 4) is 16.5 Å². The number of anilines is 1. The first-order valence-electron chi connectivity index (χ1n) is 12.7. The molecule has 0 amide bonds. The van der Waals surface area contributed by atoms with E-state index >= 15 is 0 Å². The number of fused-ring (bicyclic) bond motifs is 1. The molecule has 1 aliphatic heterocycles. The lowest BCUT2D eigenvalue weighted by Crippen LogP contribution is -2.38. The van der Waals surface area contributed by atoms with E-state index in [0.29, 0.717) is 5.57 Å². The SMILES string of the molecule is C/C(=C(/C#N)S(=O)(=O)NC(C)CCO)c1ccc(-c2ccc3cc(NCCN4CCOCC4)ccc3c2)s1. The maximum atomic E-state index is 12.8. The number of hydrogen-bond donors (Lipinski definition) is 3. The molecule has 10 heteroatoms. The summed E-state index contributed by atoms with van der Waals surface area (Å²) < 4.78 is 33.4. The first kappa shape index (κ1) is 28.2. The third kappa shape index (κ3) is 6.99. The number of morpholine rings is 1. The molecule has 1 unspecified atom stereocenters. The Labute approximate surface area is 228 Å². The van der Waals surface area contributed by atoms with E-state index in [1.807, 2.05) is 18.2 Å². The number of benzene rings is 2. The Bertz CT molecular complexity index is 1440. The van der Waals surface area contributed by atoms with E-state index in [4.69, 9.17) is 9.84 Å². The molecule has 0 bridgehead atoms. The van der Waals surface area contributed by atoms with Crippen LogP contribution in [0.1, 0.15) is 25.1 Å². The quantitative estimate of drug-likeness (QED) is 0.304. The van der Waals surface area contributed by atoms with Crippen molar-refractivity contribution in [2.75, 3.05) is 51.3 Å². The summed E-state index contributed by atoms with van der Waals surface area (Å²) in [4.78, 5) is 3.81. The molecule has 38 heavy (non-hydrogen) atoms. The molecule has 1 aliphatic rings. The third-order valence-corrected chi connectivity index (χ3v) is 9.49. The van der Waals surface area contributed by atoms with Crippen molar-refractivity contribution in [2.45, 2.75) is 26.3 Å². The molecule has 3 N–H and O–H groups in total. The zero-order valence-corrected chi connectivity index (χ0v) is 23.4. The largest absolute Gasteiger partial charge is 0.396 e. The summed E-state index contributed by atoms with van der Waals surface area (Å²) in [5.74, 6) is 0. The van der Waals surface area contributed by atoms with Crippen LogP contribution in [0.3, 0.4) is 0 Å². The molecule has 1 aromatic heterocycles. The lowest BCUT2D eigenvalue weighted by Gasteiger charge is -2.26. The Morgan fingerprint density at radius 2 is 1.89 bits per heavy atom. The van der Waals surface area contributed by atoms with Crippen LogP contribution in [-0.4, -0.2) is 70.5 Å². The highest BCUT2D eigenvalue weighted by Crippen LogP contribution is 2.35. The molecule has 1 fully saturated rings. The zero-order valence-electron chi connectivity index (χ0n) is 21.7. The fourth-order valence-electron chi connectivity index (χ4n) is 4.42. The number of rotatable bonds is 11. The van der Waals surface area contributed by atoms with Gasteiger partial charge in [-0.1, -0.05) is 18.2 Å². The fourth-order valence-corrected chi connectivity index (χ4v) is 6.89. The van der Waals surface area contributed by atoms with E-state index in [9.17, 15) is 13.7 Å². The lowest BCUT2D eigenvalue weighted by molar-refractivity contribution is 0.0398. The second kappa shape index (κ2) is 12.8. The number of aliphatic hydroxyl groups excluding tert-OH is 1. The minimum Gasteiger partial charge on any atom is -0.396 e. The standard InChI is InChI=1S/C28H34N4O4S2/c1-20(9-14-33)31-38(34,35)28(19-29)21(2)26-7-8-27(37-26)24-4-3-23-18-25(6-5-22(23)17-24)30-10-11-32-12-15-36-16-13-32/h3-8,17-18,20,30-31,33H,9-16H2,1-2H3/b28-21+. The molecular formula is C28H34N4O4S2. The summed E-state index contributed by atoms with van der Waals surface area (Å²) in [6.07, 6.45) is 0.272. The van der Waals surface area contributed by atoms with Gasteiger partial charge in [-0.05, 0) is 72.5 Å². The molecule has 0 aliphatic carbocycles. The summed E-state index contributed by atoms with van der Waals surface area (Å²) in [7, 11) is -3.99. The number of nitriles is 1. The van der Waals surface area contributed by atoms with Crippen LogP contribution in [0.5, 0.6) is 0 Å². The average molecular weight is 555 g/mol. The van der Waals surface area contributed by atoms with Gasteiger partial charge in [0.2, 0.25) is 0 Å². The molecule has 0 saturated carbocycles. The molecule has 1 saturated heterocycles. The van der Waals surface area contributed by atoms with Crippen molar-refractivity contribution >= 4 is 43.4 Å². The Morgan fingerprint density at radius 3 is 2.63 bits per heavy atom. The molecule has 3 aromatic rings. The highest BCUT2D eigenvalue weighted by atomic mass is 32.2. The van der Waals surface area contributed by atoms with Crippen molar-refractivity contribution in [2.24, 2.45) is 0 Å². The predicted octanol–water partition coefficient (Wildman–Crippen LogP) is 4.26. The zero-order chi connectivity index (χ0) is 27.1. The summed E-state index contributed by atoms with van der Waals surface area (Å²) in [5, 5.41) is 24.5. The number of nitrogens with one attached hydrogen (secondary N) is 2. The second-order valence-corrected chi connectivity index (χ2v) is 12.2. The molecule has 0 spiro atoms. The van der Waals surface area contributed by atoms with Gasteiger partial charge in [-0.15, -0.1) is 11.3 Å². The number of ether oxygens (including phenoxy) is 1. The van der Waals surface area contributed by atoms with Crippen molar-refractivity contribution in [1.82, 2.24) is 9.62 Å². The number of nitrogens with zero attached hydrogens (tertiary/aromatic N) is 2. The predicted molar refractivity (Wildman–Crippen MR) is 154 cm³/mol. The van der Waals surface area contributed by atoms with Gasteiger partial charge in [-0.25, -0.2) is 13.1 Å². The summed E-state index contributed by atoms with van der Waals surface area (Å²) >= 11 is 1.45. The van der Waals surface area contributed by atoms with Crippen molar-refractivity contribution in [3.05, 3.63) is 58.3 Å². The Morgan fingerprint density at radius 1 is 1.16 bits per heavy atom. The molecule has 8 nitrogen and oxygen atoms in total. The summed E-state index contributed by atoms with van der Waals surface area (Å²) in [5.41, 5.74) is 2.52. The van der Waals surface area contributed by atoms with Gasteiger partial charge >= 0.3 is 0 Å². The van der Waals surface area contributed by atoms with Gasteiger partial charge in [0.25, 0.3) is 10.0 Å². The van der Waals surface area contributed by atoms with Crippen LogP contribution in [-0.2, 0) is 14.8 Å². The van der Waals surface area contributed by atoms with E-state index in [1.54, 1.807) is 13.8 Å². The Balaban J connectivity index is 1.48. The van der Waals surface area contributed by atoms with E-state index in [-0.39, 0.29) is 17.9 Å². The number of sulfonamides is 1. The molecule has 1 atom stereocenters. The molecule has 0 radical (unpaired) electrons. The van der Waals surface area contributed by atoms with Gasteiger partial charge in [0.05, 0.1) is 13.2 Å². The van der Waals surface area contributed by atoms with E-state index < -0.39 is 16.1 Å². The highest BCUT2D eigenvalue weighted by molar-refractivity contribution is 7.93. The van der Waals surface area contributed by atoms with Crippen LogP contribution in [0.15, 0.2) is 53.4 Å². The molecule has 2 aromatic carbocycles.